The van der Waals surface area contributed by atoms with E-state index >= 15 is 0 Å². The van der Waals surface area contributed by atoms with Gasteiger partial charge in [-0.3, -0.25) is 4.79 Å². The van der Waals surface area contributed by atoms with Crippen molar-refractivity contribution >= 4 is 22.6 Å². The van der Waals surface area contributed by atoms with Crippen molar-refractivity contribution < 1.29 is 18.0 Å². The van der Waals surface area contributed by atoms with Crippen LogP contribution in [0.1, 0.15) is 5.69 Å². The van der Waals surface area contributed by atoms with Crippen LogP contribution in [0.3, 0.4) is 0 Å². The molecular formula is C21H15F3N4O. The lowest BCUT2D eigenvalue weighted by molar-refractivity contribution is -0.116. The number of pyridine rings is 1. The van der Waals surface area contributed by atoms with E-state index in [0.717, 1.165) is 28.6 Å². The molecule has 0 aliphatic carbocycles. The number of nitrogens with one attached hydrogen (secondary N) is 1. The van der Waals surface area contributed by atoms with Crippen molar-refractivity contribution in [3.8, 4) is 11.1 Å². The zero-order valence-electron chi connectivity index (χ0n) is 15.3. The zero-order valence-corrected chi connectivity index (χ0v) is 15.3. The normalized spacial score (nSPS) is 11.0. The summed E-state index contributed by atoms with van der Waals surface area (Å²) in [6, 6.07) is 11.0. The summed E-state index contributed by atoms with van der Waals surface area (Å²) in [6.07, 6.45) is 1.59. The molecule has 8 heteroatoms. The topological polar surface area (TPSA) is 59.8 Å². The van der Waals surface area contributed by atoms with E-state index in [9.17, 15) is 18.0 Å². The lowest BCUT2D eigenvalue weighted by Crippen LogP contribution is -2.20. The average Bonchev–Trinajstić information content (AvgIpc) is 3.01. The first-order valence-electron chi connectivity index (χ1n) is 8.75. The molecular weight excluding hydrogens is 381 g/mol. The fourth-order valence-electron chi connectivity index (χ4n) is 3.17. The molecule has 0 radical (unpaired) electrons. The van der Waals surface area contributed by atoms with Crippen LogP contribution in [0.25, 0.3) is 22.2 Å². The van der Waals surface area contributed by atoms with Crippen LogP contribution in [0, 0.1) is 24.4 Å². The number of halogens is 3. The van der Waals surface area contributed by atoms with Gasteiger partial charge < -0.3 is 5.32 Å². The molecule has 4 aromatic rings. The highest BCUT2D eigenvalue weighted by Crippen LogP contribution is 2.30. The SMILES string of the molecule is Cc1nn(CC(=O)Nc2ccc(F)c(F)c2)c2nccc(-c3ccc(F)cc3)c12. The number of carbonyl (C=O) groups excluding carboxylic acids is 1. The summed E-state index contributed by atoms with van der Waals surface area (Å²) in [5.41, 5.74) is 2.91. The van der Waals surface area contributed by atoms with Crippen molar-refractivity contribution in [2.75, 3.05) is 5.32 Å². The third kappa shape index (κ3) is 3.69. The maximum Gasteiger partial charge on any atom is 0.246 e. The van der Waals surface area contributed by atoms with E-state index in [1.54, 1.807) is 31.3 Å². The minimum absolute atomic E-state index is 0.141. The van der Waals surface area contributed by atoms with Crippen LogP contribution in [0.15, 0.2) is 54.7 Å². The Hall–Kier alpha value is -3.68. The Morgan fingerprint density at radius 1 is 1.03 bits per heavy atom. The van der Waals surface area contributed by atoms with Gasteiger partial charge in [0, 0.05) is 23.3 Å². The van der Waals surface area contributed by atoms with E-state index in [1.807, 2.05) is 0 Å². The first-order chi connectivity index (χ1) is 13.9. The summed E-state index contributed by atoms with van der Waals surface area (Å²) in [4.78, 5) is 16.7. The van der Waals surface area contributed by atoms with Crippen LogP contribution in [-0.4, -0.2) is 20.7 Å². The van der Waals surface area contributed by atoms with Gasteiger partial charge in [0.05, 0.1) is 5.69 Å². The molecule has 0 fully saturated rings. The van der Waals surface area contributed by atoms with Crippen LogP contribution in [-0.2, 0) is 11.3 Å². The second-order valence-electron chi connectivity index (χ2n) is 6.48. The number of anilines is 1. The Bertz CT molecular complexity index is 1220. The van der Waals surface area contributed by atoms with Crippen LogP contribution in [0.2, 0.25) is 0 Å². The summed E-state index contributed by atoms with van der Waals surface area (Å²) >= 11 is 0. The van der Waals surface area contributed by atoms with E-state index < -0.39 is 17.5 Å². The molecule has 0 aliphatic rings. The van der Waals surface area contributed by atoms with E-state index in [4.69, 9.17) is 0 Å². The highest BCUT2D eigenvalue weighted by molar-refractivity contribution is 5.96. The molecule has 0 saturated carbocycles. The van der Waals surface area contributed by atoms with E-state index in [2.05, 4.69) is 15.4 Å². The van der Waals surface area contributed by atoms with Crippen LogP contribution in [0.4, 0.5) is 18.9 Å². The molecule has 0 spiro atoms. The monoisotopic (exact) mass is 396 g/mol. The van der Waals surface area contributed by atoms with Crippen molar-refractivity contribution in [2.24, 2.45) is 0 Å². The van der Waals surface area contributed by atoms with Gasteiger partial charge in [-0.2, -0.15) is 5.10 Å². The van der Waals surface area contributed by atoms with Gasteiger partial charge in [0.15, 0.2) is 17.3 Å². The zero-order chi connectivity index (χ0) is 20.5. The quantitative estimate of drug-likeness (QED) is 0.554. The van der Waals surface area contributed by atoms with Crippen LogP contribution >= 0.6 is 0 Å². The molecule has 0 saturated heterocycles. The Morgan fingerprint density at radius 2 is 1.79 bits per heavy atom. The second kappa shape index (κ2) is 7.38. The first-order valence-corrected chi connectivity index (χ1v) is 8.75. The fourth-order valence-corrected chi connectivity index (χ4v) is 3.17. The van der Waals surface area contributed by atoms with Crippen molar-refractivity contribution in [3.05, 3.63) is 77.9 Å². The number of rotatable bonds is 4. The van der Waals surface area contributed by atoms with Gasteiger partial charge in [0.1, 0.15) is 12.4 Å². The summed E-state index contributed by atoms with van der Waals surface area (Å²) in [7, 11) is 0. The minimum atomic E-state index is -1.05. The highest BCUT2D eigenvalue weighted by atomic mass is 19.2. The molecule has 29 heavy (non-hydrogen) atoms. The molecule has 2 aromatic carbocycles. The Labute approximate surface area is 163 Å². The number of benzene rings is 2. The van der Waals surface area contributed by atoms with Crippen molar-refractivity contribution in [3.63, 3.8) is 0 Å². The number of nitrogens with zero attached hydrogens (tertiary/aromatic N) is 3. The van der Waals surface area contributed by atoms with Gasteiger partial charge >= 0.3 is 0 Å². The first kappa shape index (κ1) is 18.7. The van der Waals surface area contributed by atoms with Gasteiger partial charge in [-0.05, 0) is 48.4 Å². The summed E-state index contributed by atoms with van der Waals surface area (Å²) < 4.78 is 41.0. The van der Waals surface area contributed by atoms with Crippen molar-refractivity contribution in [1.82, 2.24) is 14.8 Å². The van der Waals surface area contributed by atoms with Gasteiger partial charge in [-0.15, -0.1) is 0 Å². The number of carbonyl (C=O) groups is 1. The number of hydrogen-bond acceptors (Lipinski definition) is 3. The maximum atomic E-state index is 13.3. The molecule has 0 atom stereocenters. The van der Waals surface area contributed by atoms with Crippen LogP contribution < -0.4 is 5.32 Å². The standard InChI is InChI=1S/C21H15F3N4O/c1-12-20-16(13-2-4-14(22)5-3-13)8-9-25-21(20)28(27-12)11-19(29)26-15-6-7-17(23)18(24)10-15/h2-10H,11H2,1H3,(H,26,29). The summed E-state index contributed by atoms with van der Waals surface area (Å²) in [5.74, 6) is -2.84. The third-order valence-electron chi connectivity index (χ3n) is 4.46. The largest absolute Gasteiger partial charge is 0.324 e. The minimum Gasteiger partial charge on any atom is -0.324 e. The third-order valence-corrected chi connectivity index (χ3v) is 4.46. The number of hydrogen-bond donors (Lipinski definition) is 1. The predicted molar refractivity (Wildman–Crippen MR) is 103 cm³/mol. The average molecular weight is 396 g/mol. The molecule has 0 unspecified atom stereocenters. The lowest BCUT2D eigenvalue weighted by Gasteiger charge is -2.07. The highest BCUT2D eigenvalue weighted by Gasteiger charge is 2.16. The molecule has 1 N–H and O–H groups in total. The fraction of sp³-hybridized carbons (Fsp3) is 0.0952. The van der Waals surface area contributed by atoms with Gasteiger partial charge in [0.25, 0.3) is 0 Å². The molecule has 4 rings (SSSR count). The summed E-state index contributed by atoms with van der Waals surface area (Å²) in [6.45, 7) is 1.63. The number of aromatic nitrogens is 3. The maximum absolute atomic E-state index is 13.3. The number of fused-ring (bicyclic) bond motifs is 1. The molecule has 0 aliphatic heterocycles. The van der Waals surface area contributed by atoms with Gasteiger partial charge in [-0.1, -0.05) is 12.1 Å². The van der Waals surface area contributed by atoms with E-state index in [0.29, 0.717) is 11.3 Å². The molecule has 1 amide bonds. The molecule has 2 aromatic heterocycles. The molecule has 5 nitrogen and oxygen atoms in total. The Morgan fingerprint density at radius 3 is 2.52 bits per heavy atom. The Balaban J connectivity index is 1.64. The molecule has 0 bridgehead atoms. The smallest absolute Gasteiger partial charge is 0.246 e. The number of aryl methyl sites for hydroxylation is 1. The van der Waals surface area contributed by atoms with Gasteiger partial charge in [0.2, 0.25) is 5.91 Å². The lowest BCUT2D eigenvalue weighted by atomic mass is 10.0. The summed E-state index contributed by atoms with van der Waals surface area (Å²) in [5, 5.41) is 7.65. The van der Waals surface area contributed by atoms with E-state index in [-0.39, 0.29) is 18.0 Å². The Kier molecular flexibility index (Phi) is 4.75. The second-order valence-corrected chi connectivity index (χ2v) is 6.48. The van der Waals surface area contributed by atoms with Crippen molar-refractivity contribution in [1.29, 1.82) is 0 Å². The number of amides is 1. The van der Waals surface area contributed by atoms with Crippen molar-refractivity contribution in [2.45, 2.75) is 13.5 Å². The molecule has 146 valence electrons. The predicted octanol–water partition coefficient (Wildman–Crippen LogP) is 4.46. The van der Waals surface area contributed by atoms with E-state index in [1.165, 1.54) is 22.9 Å². The van der Waals surface area contributed by atoms with Gasteiger partial charge in [-0.25, -0.2) is 22.8 Å². The molecule has 2 heterocycles. The van der Waals surface area contributed by atoms with Crippen LogP contribution in [0.5, 0.6) is 0 Å².